The molecule has 5 heteroatoms. The molecule has 0 spiro atoms. The van der Waals surface area contributed by atoms with Crippen LogP contribution in [0.25, 0.3) is 0 Å². The molecule has 1 aromatic rings. The molecule has 1 aromatic heterocycles. The minimum atomic E-state index is -0.0942. The van der Waals surface area contributed by atoms with Crippen molar-refractivity contribution in [2.24, 2.45) is 17.8 Å². The van der Waals surface area contributed by atoms with Gasteiger partial charge in [0, 0.05) is 19.0 Å². The Kier molecular flexibility index (Phi) is 3.66. The van der Waals surface area contributed by atoms with Gasteiger partial charge in [0.15, 0.2) is 5.78 Å². The van der Waals surface area contributed by atoms with Gasteiger partial charge in [-0.3, -0.25) is 4.79 Å². The number of carbonyl (C=O) groups is 1. The van der Waals surface area contributed by atoms with Crippen LogP contribution in [0.3, 0.4) is 0 Å². The summed E-state index contributed by atoms with van der Waals surface area (Å²) in [5, 5.41) is 10.3. The quantitative estimate of drug-likeness (QED) is 0.870. The number of carbonyl (C=O) groups excluding carboxylic acids is 1. The van der Waals surface area contributed by atoms with E-state index in [0.717, 1.165) is 29.9 Å². The van der Waals surface area contributed by atoms with Gasteiger partial charge in [0.25, 0.3) is 0 Å². The minimum absolute atomic E-state index is 0.0413. The summed E-state index contributed by atoms with van der Waals surface area (Å²) in [5.74, 6) is 1.45. The van der Waals surface area contributed by atoms with Gasteiger partial charge in [0.2, 0.25) is 0 Å². The number of rotatable bonds is 3. The Morgan fingerprint density at radius 2 is 2.00 bits per heavy atom. The number of ketones is 1. The average molecular weight is 303 g/mol. The number of nitriles is 1. The molecular formula is C16H21N3OS. The highest BCUT2D eigenvalue weighted by Gasteiger charge is 2.38. The normalized spacial score (nSPS) is 24.4. The van der Waals surface area contributed by atoms with Crippen molar-refractivity contribution in [1.82, 2.24) is 0 Å². The predicted octanol–water partition coefficient (Wildman–Crippen LogP) is 3.28. The molecule has 1 aliphatic carbocycles. The third kappa shape index (κ3) is 2.32. The van der Waals surface area contributed by atoms with Gasteiger partial charge >= 0.3 is 0 Å². The highest BCUT2D eigenvalue weighted by molar-refractivity contribution is 7.19. The van der Waals surface area contributed by atoms with Gasteiger partial charge in [0.05, 0.1) is 10.6 Å². The maximum absolute atomic E-state index is 12.3. The van der Waals surface area contributed by atoms with Crippen molar-refractivity contribution in [1.29, 1.82) is 5.26 Å². The van der Waals surface area contributed by atoms with Crippen molar-refractivity contribution < 1.29 is 4.79 Å². The summed E-state index contributed by atoms with van der Waals surface area (Å²) in [6, 6.07) is 2.21. The lowest BCUT2D eigenvalue weighted by atomic mass is 10.0. The number of anilines is 2. The summed E-state index contributed by atoms with van der Waals surface area (Å²) in [4.78, 5) is 15.1. The van der Waals surface area contributed by atoms with E-state index in [4.69, 9.17) is 5.73 Å². The molecule has 3 rings (SSSR count). The topological polar surface area (TPSA) is 70.1 Å². The van der Waals surface area contributed by atoms with Gasteiger partial charge in [-0.15, -0.1) is 11.3 Å². The fourth-order valence-electron chi connectivity index (χ4n) is 3.61. The zero-order valence-electron chi connectivity index (χ0n) is 12.6. The summed E-state index contributed by atoms with van der Waals surface area (Å²) >= 11 is 1.41. The Hall–Kier alpha value is -1.54. The van der Waals surface area contributed by atoms with Crippen molar-refractivity contribution >= 4 is 27.8 Å². The Labute approximate surface area is 129 Å². The molecule has 2 N–H and O–H groups in total. The van der Waals surface area contributed by atoms with E-state index in [-0.39, 0.29) is 11.7 Å². The van der Waals surface area contributed by atoms with Crippen molar-refractivity contribution in [3.63, 3.8) is 0 Å². The van der Waals surface area contributed by atoms with Crippen LogP contribution in [0.2, 0.25) is 0 Å². The van der Waals surface area contributed by atoms with E-state index in [0.29, 0.717) is 16.1 Å². The number of Topliss-reactive ketones (excluding diaryl/α,β-unsaturated/α-hetero) is 1. The van der Waals surface area contributed by atoms with Crippen LogP contribution in [-0.4, -0.2) is 18.9 Å². The second-order valence-electron chi connectivity index (χ2n) is 6.51. The van der Waals surface area contributed by atoms with E-state index in [1.807, 2.05) is 13.8 Å². The Balaban J connectivity index is 1.94. The number of thiophene rings is 1. The molecule has 0 aromatic carbocycles. The van der Waals surface area contributed by atoms with E-state index < -0.39 is 0 Å². The number of nitrogens with two attached hydrogens (primary N) is 1. The molecule has 0 amide bonds. The second-order valence-corrected chi connectivity index (χ2v) is 7.51. The fourth-order valence-corrected chi connectivity index (χ4v) is 4.89. The molecule has 0 bridgehead atoms. The second kappa shape index (κ2) is 5.34. The lowest BCUT2D eigenvalue weighted by Gasteiger charge is -2.17. The van der Waals surface area contributed by atoms with Gasteiger partial charge in [-0.25, -0.2) is 0 Å². The molecule has 2 fully saturated rings. The largest absolute Gasteiger partial charge is 0.396 e. The molecule has 0 radical (unpaired) electrons. The third-order valence-corrected chi connectivity index (χ3v) is 6.08. The Morgan fingerprint density at radius 1 is 1.38 bits per heavy atom. The summed E-state index contributed by atoms with van der Waals surface area (Å²) in [7, 11) is 0. The minimum Gasteiger partial charge on any atom is -0.396 e. The first kappa shape index (κ1) is 14.4. The van der Waals surface area contributed by atoms with Crippen LogP contribution in [0.5, 0.6) is 0 Å². The monoisotopic (exact) mass is 303 g/mol. The van der Waals surface area contributed by atoms with Gasteiger partial charge in [-0.1, -0.05) is 20.3 Å². The zero-order valence-corrected chi connectivity index (χ0v) is 13.4. The molecule has 2 unspecified atom stereocenters. The van der Waals surface area contributed by atoms with Crippen LogP contribution in [0, 0.1) is 29.1 Å². The number of nitrogen functional groups attached to an aromatic ring is 1. The van der Waals surface area contributed by atoms with Crippen molar-refractivity contribution in [2.75, 3.05) is 23.7 Å². The fraction of sp³-hybridized carbons (Fsp3) is 0.625. The van der Waals surface area contributed by atoms with Crippen molar-refractivity contribution in [2.45, 2.75) is 33.1 Å². The van der Waals surface area contributed by atoms with E-state index in [2.05, 4.69) is 11.0 Å². The summed E-state index contributed by atoms with van der Waals surface area (Å²) in [5.41, 5.74) is 6.96. The molecule has 1 saturated heterocycles. The van der Waals surface area contributed by atoms with E-state index in [1.54, 1.807) is 0 Å². The molecule has 21 heavy (non-hydrogen) atoms. The molecule has 1 aliphatic heterocycles. The van der Waals surface area contributed by atoms with Crippen LogP contribution < -0.4 is 10.6 Å². The zero-order chi connectivity index (χ0) is 15.1. The Morgan fingerprint density at radius 3 is 2.52 bits per heavy atom. The predicted molar refractivity (Wildman–Crippen MR) is 85.7 cm³/mol. The first-order valence-electron chi connectivity index (χ1n) is 7.64. The van der Waals surface area contributed by atoms with E-state index >= 15 is 0 Å². The highest BCUT2D eigenvalue weighted by atomic mass is 32.1. The van der Waals surface area contributed by atoms with Crippen LogP contribution in [-0.2, 0) is 0 Å². The number of fused-ring (bicyclic) bond motifs is 1. The lowest BCUT2D eigenvalue weighted by molar-refractivity contribution is 0.0944. The number of hydrogen-bond acceptors (Lipinski definition) is 5. The molecule has 112 valence electrons. The highest BCUT2D eigenvalue weighted by Crippen LogP contribution is 2.45. The van der Waals surface area contributed by atoms with Gasteiger partial charge < -0.3 is 10.6 Å². The lowest BCUT2D eigenvalue weighted by Crippen LogP contribution is -2.20. The molecule has 4 nitrogen and oxygen atoms in total. The van der Waals surface area contributed by atoms with Gasteiger partial charge in [-0.05, 0) is 24.7 Å². The SMILES string of the molecule is CC(C)C(=O)c1sc(N2CC3CCCC3C2)c(C#N)c1N. The summed E-state index contributed by atoms with van der Waals surface area (Å²) in [6.45, 7) is 5.75. The van der Waals surface area contributed by atoms with Crippen LogP contribution in [0.4, 0.5) is 10.7 Å². The maximum atomic E-state index is 12.3. The van der Waals surface area contributed by atoms with E-state index in [1.165, 1.54) is 30.6 Å². The van der Waals surface area contributed by atoms with Crippen LogP contribution in [0.15, 0.2) is 0 Å². The first-order valence-corrected chi connectivity index (χ1v) is 8.46. The maximum Gasteiger partial charge on any atom is 0.177 e. The van der Waals surface area contributed by atoms with Crippen LogP contribution in [0.1, 0.15) is 48.3 Å². The first-order chi connectivity index (χ1) is 10.0. The average Bonchev–Trinajstić information content (AvgIpc) is 3.09. The molecule has 2 heterocycles. The van der Waals surface area contributed by atoms with Gasteiger partial charge in [-0.2, -0.15) is 5.26 Å². The third-order valence-electron chi connectivity index (χ3n) is 4.80. The standard InChI is InChI=1S/C16H21N3OS/c1-9(2)14(20)15-13(18)12(6-17)16(21-15)19-7-10-4-3-5-11(10)8-19/h9-11H,3-5,7-8,18H2,1-2H3. The summed E-state index contributed by atoms with van der Waals surface area (Å²) in [6.07, 6.45) is 3.92. The van der Waals surface area contributed by atoms with E-state index in [9.17, 15) is 10.1 Å². The van der Waals surface area contributed by atoms with Crippen molar-refractivity contribution in [3.8, 4) is 6.07 Å². The van der Waals surface area contributed by atoms with Gasteiger partial charge in [0.1, 0.15) is 16.6 Å². The van der Waals surface area contributed by atoms with Crippen LogP contribution >= 0.6 is 11.3 Å². The summed E-state index contributed by atoms with van der Waals surface area (Å²) < 4.78 is 0. The number of hydrogen-bond donors (Lipinski definition) is 1. The molecular weight excluding hydrogens is 282 g/mol. The molecule has 2 atom stereocenters. The number of nitrogens with zero attached hydrogens (tertiary/aromatic N) is 2. The molecule has 2 aliphatic rings. The molecule has 1 saturated carbocycles. The Bertz CT molecular complexity index is 602. The van der Waals surface area contributed by atoms with Crippen molar-refractivity contribution in [3.05, 3.63) is 10.4 Å². The smallest absolute Gasteiger partial charge is 0.177 e.